The summed E-state index contributed by atoms with van der Waals surface area (Å²) in [5.41, 5.74) is 0.673. The van der Waals surface area contributed by atoms with Crippen molar-refractivity contribution in [2.45, 2.75) is 26.8 Å². The molecule has 1 unspecified atom stereocenters. The highest BCUT2D eigenvalue weighted by Crippen LogP contribution is 2.17. The summed E-state index contributed by atoms with van der Waals surface area (Å²) in [4.78, 5) is 21.3. The van der Waals surface area contributed by atoms with E-state index in [1.165, 1.54) is 0 Å². The Labute approximate surface area is 121 Å². The lowest BCUT2D eigenvalue weighted by atomic mass is 10.1. The first-order chi connectivity index (χ1) is 9.67. The molecule has 5 heteroatoms. The number of aromatic nitrogens is 1. The number of likely N-dealkylation sites (N-methyl/N-ethyl adjacent to an activating group) is 1. The normalized spacial score (nSPS) is 19.9. The molecule has 2 heterocycles. The summed E-state index contributed by atoms with van der Waals surface area (Å²) < 4.78 is 0. The maximum Gasteiger partial charge on any atom is 0.257 e. The summed E-state index contributed by atoms with van der Waals surface area (Å²) in [6, 6.07) is 4.08. The second-order valence-electron chi connectivity index (χ2n) is 5.16. The highest BCUT2D eigenvalue weighted by Gasteiger charge is 2.27. The monoisotopic (exact) mass is 276 g/mol. The third kappa shape index (κ3) is 3.10. The molecule has 0 aromatic carbocycles. The van der Waals surface area contributed by atoms with Gasteiger partial charge in [-0.25, -0.2) is 4.98 Å². The van der Waals surface area contributed by atoms with E-state index in [2.05, 4.69) is 29.0 Å². The number of hydrogen-bond donors (Lipinski definition) is 1. The number of hydrogen-bond acceptors (Lipinski definition) is 4. The van der Waals surface area contributed by atoms with Crippen molar-refractivity contribution in [3.05, 3.63) is 23.9 Å². The Hall–Kier alpha value is -1.62. The van der Waals surface area contributed by atoms with Gasteiger partial charge >= 0.3 is 0 Å². The molecular weight excluding hydrogens is 252 g/mol. The minimum Gasteiger partial charge on any atom is -0.370 e. The van der Waals surface area contributed by atoms with Crippen LogP contribution < -0.4 is 5.32 Å². The van der Waals surface area contributed by atoms with Gasteiger partial charge in [-0.05, 0) is 32.5 Å². The van der Waals surface area contributed by atoms with Crippen LogP contribution in [0.1, 0.15) is 31.1 Å². The molecule has 1 saturated heterocycles. The summed E-state index contributed by atoms with van der Waals surface area (Å²) in [5.74, 6) is 0.766. The van der Waals surface area contributed by atoms with Gasteiger partial charge in [0.15, 0.2) is 0 Å². The van der Waals surface area contributed by atoms with Crippen molar-refractivity contribution in [1.29, 1.82) is 0 Å². The summed E-state index contributed by atoms with van der Waals surface area (Å²) in [6.07, 6.45) is 1.71. The van der Waals surface area contributed by atoms with Crippen molar-refractivity contribution in [2.24, 2.45) is 0 Å². The number of carbonyl (C=O) groups excluding carboxylic acids is 1. The summed E-state index contributed by atoms with van der Waals surface area (Å²) >= 11 is 0. The third-order valence-corrected chi connectivity index (χ3v) is 3.84. The van der Waals surface area contributed by atoms with Crippen LogP contribution >= 0.6 is 0 Å². The van der Waals surface area contributed by atoms with Gasteiger partial charge in [-0.2, -0.15) is 0 Å². The Morgan fingerprint density at radius 2 is 2.25 bits per heavy atom. The Balaban J connectivity index is 2.12. The summed E-state index contributed by atoms with van der Waals surface area (Å²) in [6.45, 7) is 10.7. The van der Waals surface area contributed by atoms with Gasteiger partial charge in [0.05, 0.1) is 5.56 Å². The van der Waals surface area contributed by atoms with E-state index in [4.69, 9.17) is 0 Å². The van der Waals surface area contributed by atoms with Gasteiger partial charge in [0.25, 0.3) is 5.91 Å². The lowest BCUT2D eigenvalue weighted by Gasteiger charge is -2.39. The number of anilines is 1. The molecule has 0 bridgehead atoms. The quantitative estimate of drug-likeness (QED) is 0.909. The molecule has 2 rings (SSSR count). The fourth-order valence-corrected chi connectivity index (χ4v) is 2.71. The van der Waals surface area contributed by atoms with E-state index in [-0.39, 0.29) is 5.91 Å². The molecule has 110 valence electrons. The zero-order chi connectivity index (χ0) is 14.5. The number of nitrogens with one attached hydrogen (secondary N) is 1. The molecule has 0 spiro atoms. The number of pyridine rings is 1. The predicted molar refractivity (Wildman–Crippen MR) is 81.0 cm³/mol. The zero-order valence-corrected chi connectivity index (χ0v) is 12.6. The van der Waals surface area contributed by atoms with Crippen LogP contribution in [0.25, 0.3) is 0 Å². The Morgan fingerprint density at radius 3 is 2.90 bits per heavy atom. The van der Waals surface area contributed by atoms with E-state index < -0.39 is 0 Å². The first kappa shape index (κ1) is 14.8. The van der Waals surface area contributed by atoms with Crippen LogP contribution in [0.5, 0.6) is 0 Å². The van der Waals surface area contributed by atoms with E-state index in [9.17, 15) is 4.79 Å². The molecule has 1 aliphatic heterocycles. The van der Waals surface area contributed by atoms with Gasteiger partial charge in [0, 0.05) is 38.4 Å². The van der Waals surface area contributed by atoms with Gasteiger partial charge in [-0.3, -0.25) is 9.69 Å². The third-order valence-electron chi connectivity index (χ3n) is 3.84. The van der Waals surface area contributed by atoms with Crippen LogP contribution in [0.3, 0.4) is 0 Å². The highest BCUT2D eigenvalue weighted by atomic mass is 16.2. The smallest absolute Gasteiger partial charge is 0.257 e. The second kappa shape index (κ2) is 6.70. The molecule has 5 nitrogen and oxygen atoms in total. The topological polar surface area (TPSA) is 48.5 Å². The van der Waals surface area contributed by atoms with Crippen LogP contribution in [-0.2, 0) is 0 Å². The summed E-state index contributed by atoms with van der Waals surface area (Å²) in [5, 5.41) is 3.16. The predicted octanol–water partition coefficient (Wildman–Crippen LogP) is 1.68. The molecular formula is C15H24N4O. The molecule has 1 amide bonds. The van der Waals surface area contributed by atoms with E-state index in [0.29, 0.717) is 17.4 Å². The average Bonchev–Trinajstić information content (AvgIpc) is 2.47. The van der Waals surface area contributed by atoms with E-state index in [1.807, 2.05) is 24.0 Å². The second-order valence-corrected chi connectivity index (χ2v) is 5.16. The van der Waals surface area contributed by atoms with Gasteiger partial charge in [-0.15, -0.1) is 0 Å². The number of piperazine rings is 1. The fraction of sp³-hybridized carbons (Fsp3) is 0.600. The van der Waals surface area contributed by atoms with Gasteiger partial charge < -0.3 is 10.2 Å². The number of carbonyl (C=O) groups is 1. The maximum absolute atomic E-state index is 12.7. The van der Waals surface area contributed by atoms with Crippen molar-refractivity contribution in [2.75, 3.05) is 38.0 Å². The SMILES string of the molecule is CCNc1ncccc1C(=O)N1CCN(CC)C(C)C1. The van der Waals surface area contributed by atoms with E-state index in [1.54, 1.807) is 6.20 Å². The Morgan fingerprint density at radius 1 is 1.45 bits per heavy atom. The van der Waals surface area contributed by atoms with Crippen molar-refractivity contribution >= 4 is 11.7 Å². The van der Waals surface area contributed by atoms with E-state index in [0.717, 1.165) is 32.7 Å². The molecule has 1 fully saturated rings. The van der Waals surface area contributed by atoms with Crippen molar-refractivity contribution in [3.8, 4) is 0 Å². The maximum atomic E-state index is 12.7. The molecule has 1 aliphatic rings. The Bertz CT molecular complexity index is 463. The van der Waals surface area contributed by atoms with E-state index >= 15 is 0 Å². The average molecular weight is 276 g/mol. The first-order valence-corrected chi connectivity index (χ1v) is 7.39. The number of nitrogens with zero attached hydrogens (tertiary/aromatic N) is 3. The minimum absolute atomic E-state index is 0.0802. The molecule has 1 N–H and O–H groups in total. The molecule has 20 heavy (non-hydrogen) atoms. The zero-order valence-electron chi connectivity index (χ0n) is 12.6. The number of rotatable bonds is 4. The highest BCUT2D eigenvalue weighted by molar-refractivity contribution is 5.98. The van der Waals surface area contributed by atoms with Gasteiger partial charge in [0.1, 0.15) is 5.82 Å². The molecule has 1 aromatic heterocycles. The van der Waals surface area contributed by atoms with Crippen LogP contribution in [0.2, 0.25) is 0 Å². The van der Waals surface area contributed by atoms with Crippen LogP contribution in [-0.4, -0.2) is 59.5 Å². The number of amides is 1. The molecule has 1 aromatic rings. The van der Waals surface area contributed by atoms with Crippen molar-refractivity contribution in [3.63, 3.8) is 0 Å². The molecule has 0 radical (unpaired) electrons. The van der Waals surface area contributed by atoms with Crippen LogP contribution in [0.4, 0.5) is 5.82 Å². The fourth-order valence-electron chi connectivity index (χ4n) is 2.71. The van der Waals surface area contributed by atoms with Crippen LogP contribution in [0.15, 0.2) is 18.3 Å². The van der Waals surface area contributed by atoms with Crippen molar-refractivity contribution < 1.29 is 4.79 Å². The van der Waals surface area contributed by atoms with Gasteiger partial charge in [-0.1, -0.05) is 6.92 Å². The summed E-state index contributed by atoms with van der Waals surface area (Å²) in [7, 11) is 0. The minimum atomic E-state index is 0.0802. The van der Waals surface area contributed by atoms with Gasteiger partial charge in [0.2, 0.25) is 0 Å². The molecule has 1 atom stereocenters. The largest absolute Gasteiger partial charge is 0.370 e. The molecule has 0 saturated carbocycles. The first-order valence-electron chi connectivity index (χ1n) is 7.39. The standard InChI is InChI=1S/C15H24N4O/c1-4-16-14-13(7-6-8-17-14)15(20)19-10-9-18(5-2)12(3)11-19/h6-8,12H,4-5,9-11H2,1-3H3,(H,16,17). The van der Waals surface area contributed by atoms with Crippen LogP contribution in [0, 0.1) is 0 Å². The lowest BCUT2D eigenvalue weighted by Crippen LogP contribution is -2.53. The lowest BCUT2D eigenvalue weighted by molar-refractivity contribution is 0.0529. The molecule has 0 aliphatic carbocycles. The Kier molecular flexibility index (Phi) is 4.95. The van der Waals surface area contributed by atoms with Crippen molar-refractivity contribution in [1.82, 2.24) is 14.8 Å².